The molecule has 0 fully saturated rings. The average molecular weight is 335 g/mol. The van der Waals surface area contributed by atoms with Gasteiger partial charge in [0.2, 0.25) is 0 Å². The van der Waals surface area contributed by atoms with Crippen molar-refractivity contribution in [2.24, 2.45) is 0 Å². The summed E-state index contributed by atoms with van der Waals surface area (Å²) >= 11 is 3.20. The number of carbonyl (C=O) groups is 2. The van der Waals surface area contributed by atoms with E-state index in [1.165, 1.54) is 6.07 Å². The minimum Gasteiger partial charge on any atom is -0.478 e. The Labute approximate surface area is 123 Å². The number of aryl methyl sites for hydroxylation is 1. The van der Waals surface area contributed by atoms with Crippen LogP contribution in [0.4, 0.5) is 5.69 Å². The van der Waals surface area contributed by atoms with Crippen LogP contribution in [0.15, 0.2) is 41.0 Å². The molecule has 0 spiro atoms. The van der Waals surface area contributed by atoms with E-state index in [0.29, 0.717) is 15.9 Å². The molecular weight excluding hydrogens is 324 g/mol. The molecule has 0 radical (unpaired) electrons. The van der Waals surface area contributed by atoms with Crippen LogP contribution in [0.25, 0.3) is 0 Å². The van der Waals surface area contributed by atoms with Crippen LogP contribution in [0.3, 0.4) is 0 Å². The Morgan fingerprint density at radius 1 is 1.25 bits per heavy atom. The zero-order valence-electron chi connectivity index (χ0n) is 10.6. The molecular formula is C14H11BrN2O3. The van der Waals surface area contributed by atoms with Crippen molar-refractivity contribution in [3.8, 4) is 0 Å². The molecule has 0 saturated carbocycles. The number of aromatic nitrogens is 1. The topological polar surface area (TPSA) is 79.3 Å². The van der Waals surface area contributed by atoms with Crippen molar-refractivity contribution in [1.82, 2.24) is 4.98 Å². The van der Waals surface area contributed by atoms with Gasteiger partial charge in [0.15, 0.2) is 0 Å². The van der Waals surface area contributed by atoms with Gasteiger partial charge in [-0.1, -0.05) is 6.07 Å². The van der Waals surface area contributed by atoms with Gasteiger partial charge in [0.25, 0.3) is 5.91 Å². The number of carboxylic acids is 1. The Kier molecular flexibility index (Phi) is 4.14. The number of nitrogens with zero attached hydrogens (tertiary/aromatic N) is 1. The molecule has 6 heteroatoms. The first-order valence-electron chi connectivity index (χ1n) is 5.75. The zero-order chi connectivity index (χ0) is 14.7. The first-order valence-corrected chi connectivity index (χ1v) is 6.54. The van der Waals surface area contributed by atoms with Gasteiger partial charge in [0.05, 0.1) is 5.56 Å². The van der Waals surface area contributed by atoms with Crippen molar-refractivity contribution in [1.29, 1.82) is 0 Å². The lowest BCUT2D eigenvalue weighted by Gasteiger charge is -2.07. The highest BCUT2D eigenvalue weighted by atomic mass is 79.9. The van der Waals surface area contributed by atoms with Crippen molar-refractivity contribution in [3.05, 3.63) is 57.8 Å². The molecule has 2 N–H and O–H groups in total. The SMILES string of the molecule is Cc1cc(NC(=O)c2cccc(Br)n2)ccc1C(=O)O. The first kappa shape index (κ1) is 14.2. The van der Waals surface area contributed by atoms with Crippen LogP contribution in [-0.2, 0) is 0 Å². The summed E-state index contributed by atoms with van der Waals surface area (Å²) in [5.74, 6) is -1.34. The molecule has 1 aromatic carbocycles. The summed E-state index contributed by atoms with van der Waals surface area (Å²) < 4.78 is 0.572. The highest BCUT2D eigenvalue weighted by molar-refractivity contribution is 9.10. The van der Waals surface area contributed by atoms with Crippen LogP contribution >= 0.6 is 15.9 Å². The maximum Gasteiger partial charge on any atom is 0.335 e. The Bertz CT molecular complexity index is 686. The third kappa shape index (κ3) is 3.21. The second-order valence-corrected chi connectivity index (χ2v) is 4.95. The Morgan fingerprint density at radius 3 is 2.60 bits per heavy atom. The summed E-state index contributed by atoms with van der Waals surface area (Å²) in [4.78, 5) is 26.9. The molecule has 0 saturated heterocycles. The average Bonchev–Trinajstić information content (AvgIpc) is 2.38. The number of nitrogens with one attached hydrogen (secondary N) is 1. The van der Waals surface area contributed by atoms with Crippen molar-refractivity contribution < 1.29 is 14.7 Å². The quantitative estimate of drug-likeness (QED) is 0.845. The van der Waals surface area contributed by atoms with E-state index >= 15 is 0 Å². The van der Waals surface area contributed by atoms with Crippen molar-refractivity contribution in [2.75, 3.05) is 5.32 Å². The molecule has 102 valence electrons. The van der Waals surface area contributed by atoms with Crippen LogP contribution in [0.2, 0.25) is 0 Å². The number of pyridine rings is 1. The normalized spacial score (nSPS) is 10.1. The van der Waals surface area contributed by atoms with E-state index in [1.807, 2.05) is 0 Å². The Morgan fingerprint density at radius 2 is 2.00 bits per heavy atom. The molecule has 1 heterocycles. The Balaban J connectivity index is 2.20. The lowest BCUT2D eigenvalue weighted by molar-refractivity contribution is 0.0696. The number of hydrogen-bond donors (Lipinski definition) is 2. The highest BCUT2D eigenvalue weighted by Gasteiger charge is 2.11. The molecule has 5 nitrogen and oxygen atoms in total. The van der Waals surface area contributed by atoms with E-state index < -0.39 is 5.97 Å². The van der Waals surface area contributed by atoms with Crippen LogP contribution in [-0.4, -0.2) is 22.0 Å². The number of carboxylic acid groups (broad SMARTS) is 1. The monoisotopic (exact) mass is 334 g/mol. The lowest BCUT2D eigenvalue weighted by atomic mass is 10.1. The maximum atomic E-state index is 12.0. The summed E-state index contributed by atoms with van der Waals surface area (Å²) in [6.07, 6.45) is 0. The molecule has 1 amide bonds. The first-order chi connectivity index (χ1) is 9.47. The lowest BCUT2D eigenvalue weighted by Crippen LogP contribution is -2.14. The molecule has 2 rings (SSSR count). The van der Waals surface area contributed by atoms with Gasteiger partial charge in [0, 0.05) is 5.69 Å². The summed E-state index contributed by atoms with van der Waals surface area (Å²) in [5.41, 5.74) is 1.60. The number of amides is 1. The molecule has 20 heavy (non-hydrogen) atoms. The second-order valence-electron chi connectivity index (χ2n) is 4.13. The molecule has 1 aromatic heterocycles. The fourth-order valence-corrected chi connectivity index (χ4v) is 2.05. The number of hydrogen-bond acceptors (Lipinski definition) is 3. The molecule has 0 aliphatic rings. The number of benzene rings is 1. The van der Waals surface area contributed by atoms with Crippen molar-refractivity contribution in [2.45, 2.75) is 6.92 Å². The molecule has 0 aliphatic carbocycles. The van der Waals surface area contributed by atoms with Gasteiger partial charge in [0.1, 0.15) is 10.3 Å². The number of rotatable bonds is 3. The third-order valence-corrected chi connectivity index (χ3v) is 3.10. The second kappa shape index (κ2) is 5.83. The van der Waals surface area contributed by atoms with Gasteiger partial charge in [-0.15, -0.1) is 0 Å². The van der Waals surface area contributed by atoms with Crippen molar-refractivity contribution >= 4 is 33.5 Å². The van der Waals surface area contributed by atoms with Gasteiger partial charge in [-0.25, -0.2) is 9.78 Å². The van der Waals surface area contributed by atoms with Crippen LogP contribution in [0.1, 0.15) is 26.4 Å². The maximum absolute atomic E-state index is 12.0. The minimum absolute atomic E-state index is 0.212. The molecule has 2 aromatic rings. The highest BCUT2D eigenvalue weighted by Crippen LogP contribution is 2.16. The molecule has 0 unspecified atom stereocenters. The fraction of sp³-hybridized carbons (Fsp3) is 0.0714. The number of carbonyl (C=O) groups excluding carboxylic acids is 1. The largest absolute Gasteiger partial charge is 0.478 e. The van der Waals surface area contributed by atoms with E-state index in [2.05, 4.69) is 26.2 Å². The molecule has 0 aliphatic heterocycles. The summed E-state index contributed by atoms with van der Waals surface area (Å²) in [5, 5.41) is 11.6. The van der Waals surface area contributed by atoms with E-state index in [-0.39, 0.29) is 17.2 Å². The number of aromatic carboxylic acids is 1. The van der Waals surface area contributed by atoms with Crippen molar-refractivity contribution in [3.63, 3.8) is 0 Å². The molecule has 0 atom stereocenters. The number of anilines is 1. The van der Waals surface area contributed by atoms with Gasteiger partial charge in [-0.3, -0.25) is 4.79 Å². The van der Waals surface area contributed by atoms with Gasteiger partial charge >= 0.3 is 5.97 Å². The van der Waals surface area contributed by atoms with Crippen LogP contribution in [0, 0.1) is 6.92 Å². The van der Waals surface area contributed by atoms with Gasteiger partial charge in [-0.05, 0) is 58.7 Å². The number of halogens is 1. The van der Waals surface area contributed by atoms with E-state index in [0.717, 1.165) is 0 Å². The van der Waals surface area contributed by atoms with E-state index in [9.17, 15) is 9.59 Å². The predicted octanol–water partition coefficient (Wildman–Crippen LogP) is 3.10. The van der Waals surface area contributed by atoms with E-state index in [1.54, 1.807) is 37.3 Å². The van der Waals surface area contributed by atoms with Gasteiger partial charge < -0.3 is 10.4 Å². The standard InChI is InChI=1S/C14H11BrN2O3/c1-8-7-9(5-6-10(8)14(19)20)16-13(18)11-3-2-4-12(15)17-11/h2-7H,1H3,(H,16,18)(H,19,20). The Hall–Kier alpha value is -2.21. The summed E-state index contributed by atoms with van der Waals surface area (Å²) in [6.45, 7) is 1.68. The summed E-state index contributed by atoms with van der Waals surface area (Å²) in [7, 11) is 0. The third-order valence-electron chi connectivity index (χ3n) is 2.66. The summed E-state index contributed by atoms with van der Waals surface area (Å²) in [6, 6.07) is 9.65. The predicted molar refractivity (Wildman–Crippen MR) is 78.0 cm³/mol. The van der Waals surface area contributed by atoms with Crippen LogP contribution < -0.4 is 5.32 Å². The zero-order valence-corrected chi connectivity index (χ0v) is 12.1. The fourth-order valence-electron chi connectivity index (χ4n) is 1.71. The van der Waals surface area contributed by atoms with E-state index in [4.69, 9.17) is 5.11 Å². The van der Waals surface area contributed by atoms with Gasteiger partial charge in [-0.2, -0.15) is 0 Å². The van der Waals surface area contributed by atoms with Crippen LogP contribution in [0.5, 0.6) is 0 Å². The minimum atomic E-state index is -0.992. The molecule has 0 bridgehead atoms. The smallest absolute Gasteiger partial charge is 0.335 e.